The average Bonchev–Trinajstić information content (AvgIpc) is 3.04. The van der Waals surface area contributed by atoms with Crippen LogP contribution >= 0.6 is 11.6 Å². The van der Waals surface area contributed by atoms with Crippen molar-refractivity contribution < 1.29 is 14.3 Å². The van der Waals surface area contributed by atoms with Crippen molar-refractivity contribution in [3.8, 4) is 11.8 Å². The Balaban J connectivity index is 1.91. The number of hydrogen-bond acceptors (Lipinski definition) is 4. The Morgan fingerprint density at radius 1 is 1.13 bits per heavy atom. The van der Waals surface area contributed by atoms with Crippen LogP contribution in [-0.2, 0) is 9.53 Å². The third-order valence-corrected chi connectivity index (χ3v) is 5.00. The Morgan fingerprint density at radius 2 is 1.84 bits per heavy atom. The first-order valence-corrected chi connectivity index (χ1v) is 9.78. The summed E-state index contributed by atoms with van der Waals surface area (Å²) < 4.78 is 6.71. The molecule has 6 nitrogen and oxygen atoms in total. The van der Waals surface area contributed by atoms with Gasteiger partial charge in [-0.3, -0.25) is 4.79 Å². The van der Waals surface area contributed by atoms with Crippen LogP contribution in [0.1, 0.15) is 27.3 Å². The summed E-state index contributed by atoms with van der Waals surface area (Å²) in [6, 6.07) is 17.6. The number of anilines is 1. The van der Waals surface area contributed by atoms with E-state index in [0.717, 1.165) is 22.6 Å². The summed E-state index contributed by atoms with van der Waals surface area (Å²) in [5, 5.41) is 12.7. The number of methoxy groups -OCH3 is 1. The Bertz CT molecular complexity index is 1220. The van der Waals surface area contributed by atoms with Gasteiger partial charge in [-0.05, 0) is 74.0 Å². The van der Waals surface area contributed by atoms with Crippen LogP contribution in [-0.4, -0.2) is 23.6 Å². The minimum absolute atomic E-state index is 0.0266. The Hall–Kier alpha value is -3.82. The van der Waals surface area contributed by atoms with Gasteiger partial charge in [-0.1, -0.05) is 17.7 Å². The lowest BCUT2D eigenvalue weighted by atomic mass is 10.1. The van der Waals surface area contributed by atoms with E-state index in [1.54, 1.807) is 42.5 Å². The number of amides is 1. The quantitative estimate of drug-likeness (QED) is 0.345. The molecule has 0 bridgehead atoms. The zero-order chi connectivity index (χ0) is 22.5. The number of benzene rings is 2. The van der Waals surface area contributed by atoms with E-state index in [-0.39, 0.29) is 5.57 Å². The van der Waals surface area contributed by atoms with Crippen molar-refractivity contribution in [1.29, 1.82) is 5.26 Å². The summed E-state index contributed by atoms with van der Waals surface area (Å²) in [6.45, 7) is 3.83. The summed E-state index contributed by atoms with van der Waals surface area (Å²) in [4.78, 5) is 24.2. The van der Waals surface area contributed by atoms with Gasteiger partial charge in [0.05, 0.1) is 12.7 Å². The van der Waals surface area contributed by atoms with Crippen molar-refractivity contribution in [3.63, 3.8) is 0 Å². The molecule has 0 aliphatic rings. The van der Waals surface area contributed by atoms with Crippen LogP contribution in [0.25, 0.3) is 11.8 Å². The van der Waals surface area contributed by atoms with Crippen molar-refractivity contribution in [2.24, 2.45) is 0 Å². The Kier molecular flexibility index (Phi) is 6.58. The standard InChI is InChI=1S/C24H20ClN3O3/c1-15-11-18(12-19(14-26)23(29)27-21-6-4-5-20(25)13-21)16(2)28(15)22-9-7-17(8-10-22)24(30)31-3/h4-13H,1-3H3,(H,27,29)/b19-12+. The number of carbonyl (C=O) groups excluding carboxylic acids is 2. The number of esters is 1. The number of nitriles is 1. The second kappa shape index (κ2) is 9.33. The molecule has 0 spiro atoms. The van der Waals surface area contributed by atoms with Crippen LogP contribution in [0, 0.1) is 25.2 Å². The second-order valence-electron chi connectivity index (χ2n) is 6.83. The van der Waals surface area contributed by atoms with Gasteiger partial charge in [0.2, 0.25) is 0 Å². The number of aryl methyl sites for hydroxylation is 1. The number of halogens is 1. The van der Waals surface area contributed by atoms with Gasteiger partial charge in [0, 0.05) is 27.8 Å². The molecule has 0 aliphatic carbocycles. The van der Waals surface area contributed by atoms with Crippen molar-refractivity contribution in [2.75, 3.05) is 12.4 Å². The molecule has 1 heterocycles. The summed E-state index contributed by atoms with van der Waals surface area (Å²) in [6.07, 6.45) is 1.56. The highest BCUT2D eigenvalue weighted by Crippen LogP contribution is 2.24. The largest absolute Gasteiger partial charge is 0.465 e. The number of aromatic nitrogens is 1. The van der Waals surface area contributed by atoms with Gasteiger partial charge in [0.25, 0.3) is 5.91 Å². The number of carbonyl (C=O) groups is 2. The van der Waals surface area contributed by atoms with E-state index < -0.39 is 11.9 Å². The van der Waals surface area contributed by atoms with E-state index in [4.69, 9.17) is 16.3 Å². The summed E-state index contributed by atoms with van der Waals surface area (Å²) in [7, 11) is 1.34. The predicted octanol–water partition coefficient (Wildman–Crippen LogP) is 5.08. The van der Waals surface area contributed by atoms with Gasteiger partial charge in [0.1, 0.15) is 11.6 Å². The van der Waals surface area contributed by atoms with Crippen molar-refractivity contribution in [1.82, 2.24) is 4.57 Å². The van der Waals surface area contributed by atoms with Crippen molar-refractivity contribution in [2.45, 2.75) is 13.8 Å². The fourth-order valence-corrected chi connectivity index (χ4v) is 3.45. The van der Waals surface area contributed by atoms with Gasteiger partial charge in [0.15, 0.2) is 0 Å². The maximum atomic E-state index is 12.6. The third-order valence-electron chi connectivity index (χ3n) is 4.76. The minimum atomic E-state index is -0.517. The molecule has 0 atom stereocenters. The molecule has 2 aromatic carbocycles. The second-order valence-corrected chi connectivity index (χ2v) is 7.27. The van der Waals surface area contributed by atoms with E-state index in [9.17, 15) is 14.9 Å². The number of hydrogen-bond donors (Lipinski definition) is 1. The van der Waals surface area contributed by atoms with Crippen LogP contribution in [0.4, 0.5) is 5.69 Å². The van der Waals surface area contributed by atoms with Gasteiger partial charge in [-0.25, -0.2) is 4.79 Å². The SMILES string of the molecule is COC(=O)c1ccc(-n2c(C)cc(/C=C(\C#N)C(=O)Nc3cccc(Cl)c3)c2C)cc1. The molecule has 3 aromatic rings. The van der Waals surface area contributed by atoms with Crippen LogP contribution in [0.3, 0.4) is 0 Å². The first-order chi connectivity index (χ1) is 14.8. The lowest BCUT2D eigenvalue weighted by Gasteiger charge is -2.10. The fourth-order valence-electron chi connectivity index (χ4n) is 3.26. The highest BCUT2D eigenvalue weighted by molar-refractivity contribution is 6.31. The van der Waals surface area contributed by atoms with Gasteiger partial charge in [-0.2, -0.15) is 5.26 Å². The maximum Gasteiger partial charge on any atom is 0.337 e. The van der Waals surface area contributed by atoms with Crippen LogP contribution in [0.2, 0.25) is 5.02 Å². The summed E-state index contributed by atoms with van der Waals surface area (Å²) in [5.41, 5.74) is 4.31. The molecule has 0 unspecified atom stereocenters. The topological polar surface area (TPSA) is 84.1 Å². The molecule has 0 aliphatic heterocycles. The number of nitrogens with zero attached hydrogens (tertiary/aromatic N) is 2. The molecular formula is C24H20ClN3O3. The van der Waals surface area contributed by atoms with Crippen molar-refractivity contribution in [3.05, 3.63) is 87.7 Å². The monoisotopic (exact) mass is 433 g/mol. The minimum Gasteiger partial charge on any atom is -0.465 e. The van der Waals surface area contributed by atoms with Crippen LogP contribution in [0.5, 0.6) is 0 Å². The molecule has 1 amide bonds. The first kappa shape index (κ1) is 21.9. The number of rotatable bonds is 5. The fraction of sp³-hybridized carbons (Fsp3) is 0.125. The summed E-state index contributed by atoms with van der Waals surface area (Å²) >= 11 is 5.95. The molecule has 0 saturated carbocycles. The highest BCUT2D eigenvalue weighted by Gasteiger charge is 2.15. The molecule has 0 saturated heterocycles. The normalized spacial score (nSPS) is 11.0. The zero-order valence-electron chi connectivity index (χ0n) is 17.3. The van der Waals surface area contributed by atoms with Gasteiger partial charge in [-0.15, -0.1) is 0 Å². The van der Waals surface area contributed by atoms with E-state index >= 15 is 0 Å². The molecular weight excluding hydrogens is 414 g/mol. The first-order valence-electron chi connectivity index (χ1n) is 9.40. The van der Waals surface area contributed by atoms with E-state index in [0.29, 0.717) is 16.3 Å². The zero-order valence-corrected chi connectivity index (χ0v) is 18.0. The van der Waals surface area contributed by atoms with Gasteiger partial charge >= 0.3 is 5.97 Å². The van der Waals surface area contributed by atoms with Crippen LogP contribution in [0.15, 0.2) is 60.2 Å². The molecule has 7 heteroatoms. The van der Waals surface area contributed by atoms with Crippen LogP contribution < -0.4 is 5.32 Å². The molecule has 31 heavy (non-hydrogen) atoms. The molecule has 0 fully saturated rings. The maximum absolute atomic E-state index is 12.6. The highest BCUT2D eigenvalue weighted by atomic mass is 35.5. The molecule has 1 N–H and O–H groups in total. The summed E-state index contributed by atoms with van der Waals surface area (Å²) in [5.74, 6) is -0.919. The number of nitrogens with one attached hydrogen (secondary N) is 1. The molecule has 156 valence electrons. The molecule has 3 rings (SSSR count). The lowest BCUT2D eigenvalue weighted by Crippen LogP contribution is -2.13. The lowest BCUT2D eigenvalue weighted by molar-refractivity contribution is -0.112. The van der Waals surface area contributed by atoms with E-state index in [1.165, 1.54) is 7.11 Å². The van der Waals surface area contributed by atoms with E-state index in [2.05, 4.69) is 5.32 Å². The Labute approximate surface area is 185 Å². The smallest absolute Gasteiger partial charge is 0.337 e. The molecule has 0 radical (unpaired) electrons. The molecule has 1 aromatic heterocycles. The van der Waals surface area contributed by atoms with E-state index in [1.807, 2.05) is 42.7 Å². The van der Waals surface area contributed by atoms with Crippen molar-refractivity contribution >= 4 is 35.2 Å². The average molecular weight is 434 g/mol. The number of ether oxygens (including phenoxy) is 1. The third kappa shape index (κ3) is 4.85. The predicted molar refractivity (Wildman–Crippen MR) is 120 cm³/mol. The Morgan fingerprint density at radius 3 is 2.45 bits per heavy atom. The van der Waals surface area contributed by atoms with Gasteiger partial charge < -0.3 is 14.6 Å².